The van der Waals surface area contributed by atoms with E-state index >= 15 is 0 Å². The largest absolute Gasteiger partial charge is 0.391 e. The predicted octanol–water partition coefficient (Wildman–Crippen LogP) is -0.190. The van der Waals surface area contributed by atoms with Gasteiger partial charge in [-0.2, -0.15) is 0 Å². The minimum atomic E-state index is -1.46. The third-order valence-corrected chi connectivity index (χ3v) is 2.27. The van der Waals surface area contributed by atoms with Crippen LogP contribution in [0.25, 0.3) is 0 Å². The number of nitrogens with two attached hydrogens (primary N) is 1. The summed E-state index contributed by atoms with van der Waals surface area (Å²) in [5, 5.41) is 27.4. The van der Waals surface area contributed by atoms with Crippen molar-refractivity contribution < 1.29 is 24.1 Å². The molecule has 0 aliphatic heterocycles. The number of aliphatic hydroxyl groups is 3. The second kappa shape index (κ2) is 5.31. The molecule has 0 bridgehead atoms. The minimum absolute atomic E-state index is 0.120. The Bertz CT molecular complexity index is 350. The summed E-state index contributed by atoms with van der Waals surface area (Å²) >= 11 is 0. The van der Waals surface area contributed by atoms with Crippen LogP contribution >= 0.6 is 0 Å². The molecule has 1 rings (SSSR count). The van der Waals surface area contributed by atoms with E-state index < -0.39 is 36.0 Å². The van der Waals surface area contributed by atoms with E-state index in [4.69, 9.17) is 10.8 Å². The van der Waals surface area contributed by atoms with Crippen LogP contribution in [0.15, 0.2) is 12.1 Å². The van der Waals surface area contributed by atoms with Crippen molar-refractivity contribution in [2.75, 3.05) is 6.54 Å². The summed E-state index contributed by atoms with van der Waals surface area (Å²) in [7, 11) is 0. The molecule has 0 aliphatic carbocycles. The van der Waals surface area contributed by atoms with Gasteiger partial charge in [0, 0.05) is 12.1 Å². The Morgan fingerprint density at radius 3 is 2.06 bits per heavy atom. The summed E-state index contributed by atoms with van der Waals surface area (Å²) in [5.74, 6) is -1.94. The Kier molecular flexibility index (Phi) is 4.31. The zero-order chi connectivity index (χ0) is 12.3. The first kappa shape index (κ1) is 13.0. The number of rotatable bonds is 4. The monoisotopic (exact) mass is 233 g/mol. The smallest absolute Gasteiger partial charge is 0.132 e. The van der Waals surface area contributed by atoms with Crippen LogP contribution in [0.4, 0.5) is 8.78 Å². The van der Waals surface area contributed by atoms with E-state index in [1.54, 1.807) is 0 Å². The summed E-state index contributed by atoms with van der Waals surface area (Å²) in [4.78, 5) is 0. The molecule has 2 unspecified atom stereocenters. The fourth-order valence-electron chi connectivity index (χ4n) is 1.30. The van der Waals surface area contributed by atoms with Crippen molar-refractivity contribution in [3.63, 3.8) is 0 Å². The fourth-order valence-corrected chi connectivity index (χ4v) is 1.30. The van der Waals surface area contributed by atoms with E-state index in [1.807, 2.05) is 0 Å². The summed E-state index contributed by atoms with van der Waals surface area (Å²) in [6.45, 7) is -1.00. The predicted molar refractivity (Wildman–Crippen MR) is 52.3 cm³/mol. The summed E-state index contributed by atoms with van der Waals surface area (Å²) in [6, 6.07) is 1.72. The first-order valence-electron chi connectivity index (χ1n) is 4.66. The SMILES string of the molecule is NCC(O)C(O)c1cc(F)c(CO)c(F)c1. The number of hydrogen-bond donors (Lipinski definition) is 4. The number of aliphatic hydroxyl groups excluding tert-OH is 3. The van der Waals surface area contributed by atoms with Crippen molar-refractivity contribution in [3.05, 3.63) is 34.9 Å². The third kappa shape index (κ3) is 2.53. The van der Waals surface area contributed by atoms with E-state index in [0.717, 1.165) is 12.1 Å². The van der Waals surface area contributed by atoms with E-state index in [9.17, 15) is 19.0 Å². The molecule has 0 aromatic heterocycles. The maximum Gasteiger partial charge on any atom is 0.132 e. The van der Waals surface area contributed by atoms with Crippen LogP contribution in [0, 0.1) is 11.6 Å². The van der Waals surface area contributed by atoms with Gasteiger partial charge in [-0.25, -0.2) is 8.78 Å². The van der Waals surface area contributed by atoms with Gasteiger partial charge in [-0.05, 0) is 17.7 Å². The van der Waals surface area contributed by atoms with Gasteiger partial charge in [0.15, 0.2) is 0 Å². The van der Waals surface area contributed by atoms with Crippen molar-refractivity contribution in [2.24, 2.45) is 5.73 Å². The van der Waals surface area contributed by atoms with E-state index in [2.05, 4.69) is 0 Å². The Labute approximate surface area is 90.9 Å². The number of hydrogen-bond acceptors (Lipinski definition) is 4. The Morgan fingerprint density at radius 2 is 1.69 bits per heavy atom. The van der Waals surface area contributed by atoms with Gasteiger partial charge in [-0.3, -0.25) is 0 Å². The molecule has 0 saturated heterocycles. The Morgan fingerprint density at radius 1 is 1.19 bits per heavy atom. The van der Waals surface area contributed by atoms with Crippen molar-refractivity contribution in [1.29, 1.82) is 0 Å². The van der Waals surface area contributed by atoms with E-state index in [-0.39, 0.29) is 12.1 Å². The zero-order valence-corrected chi connectivity index (χ0v) is 8.40. The van der Waals surface area contributed by atoms with Crippen LogP contribution in [0.3, 0.4) is 0 Å². The molecule has 1 aromatic rings. The lowest BCUT2D eigenvalue weighted by molar-refractivity contribution is 0.0239. The lowest BCUT2D eigenvalue weighted by atomic mass is 10.0. The molecule has 0 saturated carbocycles. The number of benzene rings is 1. The van der Waals surface area contributed by atoms with Gasteiger partial charge >= 0.3 is 0 Å². The highest BCUT2D eigenvalue weighted by Crippen LogP contribution is 2.22. The topological polar surface area (TPSA) is 86.7 Å². The molecule has 0 heterocycles. The van der Waals surface area contributed by atoms with Crippen LogP contribution in [0.5, 0.6) is 0 Å². The molecule has 4 nitrogen and oxygen atoms in total. The van der Waals surface area contributed by atoms with Crippen LogP contribution in [0.1, 0.15) is 17.2 Å². The maximum absolute atomic E-state index is 13.2. The number of halogens is 2. The molecular formula is C10H13F2NO3. The normalized spacial score (nSPS) is 14.9. The zero-order valence-electron chi connectivity index (χ0n) is 8.40. The van der Waals surface area contributed by atoms with Gasteiger partial charge in [-0.1, -0.05) is 0 Å². The summed E-state index contributed by atoms with van der Waals surface area (Å²) in [5.41, 5.74) is 4.51. The van der Waals surface area contributed by atoms with Crippen molar-refractivity contribution in [1.82, 2.24) is 0 Å². The van der Waals surface area contributed by atoms with Gasteiger partial charge in [0.25, 0.3) is 0 Å². The molecule has 2 atom stereocenters. The second-order valence-electron chi connectivity index (χ2n) is 3.37. The molecule has 0 aliphatic rings. The van der Waals surface area contributed by atoms with Crippen LogP contribution < -0.4 is 5.73 Å². The minimum Gasteiger partial charge on any atom is -0.391 e. The lowest BCUT2D eigenvalue weighted by Gasteiger charge is -2.17. The molecule has 0 amide bonds. The highest BCUT2D eigenvalue weighted by atomic mass is 19.1. The van der Waals surface area contributed by atoms with Gasteiger partial charge in [-0.15, -0.1) is 0 Å². The molecule has 6 heteroatoms. The summed E-state index contributed by atoms with van der Waals surface area (Å²) in [6.07, 6.45) is -2.75. The second-order valence-corrected chi connectivity index (χ2v) is 3.37. The third-order valence-electron chi connectivity index (χ3n) is 2.27. The summed E-state index contributed by atoms with van der Waals surface area (Å²) < 4.78 is 26.4. The highest BCUT2D eigenvalue weighted by Gasteiger charge is 2.20. The van der Waals surface area contributed by atoms with E-state index in [1.165, 1.54) is 0 Å². The molecule has 16 heavy (non-hydrogen) atoms. The first-order valence-corrected chi connectivity index (χ1v) is 4.66. The molecule has 0 radical (unpaired) electrons. The molecule has 1 aromatic carbocycles. The fraction of sp³-hybridized carbons (Fsp3) is 0.400. The lowest BCUT2D eigenvalue weighted by Crippen LogP contribution is -2.27. The van der Waals surface area contributed by atoms with Crippen LogP contribution in [-0.2, 0) is 6.61 Å². The maximum atomic E-state index is 13.2. The average Bonchev–Trinajstić information content (AvgIpc) is 2.26. The van der Waals surface area contributed by atoms with Crippen LogP contribution in [-0.4, -0.2) is 28.0 Å². The van der Waals surface area contributed by atoms with Crippen molar-refractivity contribution in [2.45, 2.75) is 18.8 Å². The first-order chi connectivity index (χ1) is 7.51. The van der Waals surface area contributed by atoms with Crippen molar-refractivity contribution >= 4 is 0 Å². The van der Waals surface area contributed by atoms with Crippen LogP contribution in [0.2, 0.25) is 0 Å². The van der Waals surface area contributed by atoms with Gasteiger partial charge in [0.1, 0.15) is 17.7 Å². The molecular weight excluding hydrogens is 220 g/mol. The highest BCUT2D eigenvalue weighted by molar-refractivity contribution is 5.27. The standard InChI is InChI=1S/C10H13F2NO3/c11-7-1-5(10(16)9(15)3-13)2-8(12)6(7)4-14/h1-2,9-10,14-16H,3-4,13H2. The molecule has 90 valence electrons. The van der Waals surface area contributed by atoms with Crippen molar-refractivity contribution in [3.8, 4) is 0 Å². The Balaban J connectivity index is 3.08. The Hall–Kier alpha value is -1.08. The molecule has 0 spiro atoms. The quantitative estimate of drug-likeness (QED) is 0.580. The van der Waals surface area contributed by atoms with Gasteiger partial charge in [0.2, 0.25) is 0 Å². The molecule has 5 N–H and O–H groups in total. The molecule has 0 fully saturated rings. The van der Waals surface area contributed by atoms with Gasteiger partial charge in [0.05, 0.1) is 12.7 Å². The average molecular weight is 233 g/mol. The van der Waals surface area contributed by atoms with Gasteiger partial charge < -0.3 is 21.1 Å². The van der Waals surface area contributed by atoms with E-state index in [0.29, 0.717) is 0 Å².